The molecule has 0 saturated heterocycles. The molecular formula is C8H13Ga. The summed E-state index contributed by atoms with van der Waals surface area (Å²) in [5.41, 5.74) is 0. The average molecular weight is 179 g/mol. The molecule has 1 aliphatic carbocycles. The Labute approximate surface area is 64.8 Å². The molecule has 1 aliphatic rings. The summed E-state index contributed by atoms with van der Waals surface area (Å²) in [6, 6.07) is 0. The third-order valence-corrected chi connectivity index (χ3v) is 6.37. The van der Waals surface area contributed by atoms with Crippen molar-refractivity contribution in [2.75, 3.05) is 0 Å². The Morgan fingerprint density at radius 2 is 2.56 bits per heavy atom. The van der Waals surface area contributed by atoms with Crippen LogP contribution in [0.2, 0.25) is 4.98 Å². The summed E-state index contributed by atoms with van der Waals surface area (Å²) in [6.07, 6.45) is 9.50. The van der Waals surface area contributed by atoms with E-state index < -0.39 is 0 Å². The standard InChI is InChI=1S/C5H5.C3H7.Ga.H/c1-2-4-5-3-1;1-3-2;;/h1-3H,4H2;1,3H2,2H3;;. The van der Waals surface area contributed by atoms with Crippen LogP contribution in [0.1, 0.15) is 19.8 Å². The molecule has 0 saturated carbocycles. The Kier molecular flexibility index (Phi) is 3.22. The zero-order valence-corrected chi connectivity index (χ0v) is 9.03. The quantitative estimate of drug-likeness (QED) is 0.581. The molecule has 0 nitrogen and oxygen atoms in total. The fraction of sp³-hybridized carbons (Fsp3) is 0.500. The third kappa shape index (κ3) is 2.46. The second kappa shape index (κ2) is 4.02. The minimum absolute atomic E-state index is 0.207. The minimum atomic E-state index is -0.207. The molecule has 0 unspecified atom stereocenters. The van der Waals surface area contributed by atoms with Crippen molar-refractivity contribution >= 4 is 17.4 Å². The van der Waals surface area contributed by atoms with Gasteiger partial charge in [-0.1, -0.05) is 0 Å². The van der Waals surface area contributed by atoms with Gasteiger partial charge in [0.05, 0.1) is 0 Å². The van der Waals surface area contributed by atoms with Gasteiger partial charge in [-0.2, -0.15) is 0 Å². The van der Waals surface area contributed by atoms with Crippen molar-refractivity contribution in [2.45, 2.75) is 24.7 Å². The van der Waals surface area contributed by atoms with Crippen molar-refractivity contribution in [3.05, 3.63) is 22.4 Å². The SMILES string of the molecule is CC[CH2][GaH][C]1=CC=CC1. The fourth-order valence-electron chi connectivity index (χ4n) is 1.08. The van der Waals surface area contributed by atoms with Gasteiger partial charge in [0.25, 0.3) is 0 Å². The molecule has 0 radical (unpaired) electrons. The summed E-state index contributed by atoms with van der Waals surface area (Å²) in [6.45, 7) is 2.29. The van der Waals surface area contributed by atoms with Crippen LogP contribution in [0.5, 0.6) is 0 Å². The first-order valence-corrected chi connectivity index (χ1v) is 7.36. The van der Waals surface area contributed by atoms with E-state index in [9.17, 15) is 0 Å². The second-order valence-corrected chi connectivity index (χ2v) is 7.00. The monoisotopic (exact) mass is 178 g/mol. The van der Waals surface area contributed by atoms with Gasteiger partial charge < -0.3 is 0 Å². The number of allylic oxidation sites excluding steroid dienone is 4. The first-order chi connectivity index (χ1) is 4.43. The topological polar surface area (TPSA) is 0 Å². The van der Waals surface area contributed by atoms with Crippen LogP contribution in [-0.4, -0.2) is 17.4 Å². The summed E-state index contributed by atoms with van der Waals surface area (Å²) in [5, 5.41) is 0. The van der Waals surface area contributed by atoms with Gasteiger partial charge in [0.15, 0.2) is 0 Å². The molecule has 0 amide bonds. The summed E-state index contributed by atoms with van der Waals surface area (Å²) in [4.78, 5) is 1.54. The summed E-state index contributed by atoms with van der Waals surface area (Å²) in [7, 11) is 0. The Morgan fingerprint density at radius 3 is 3.11 bits per heavy atom. The van der Waals surface area contributed by atoms with Crippen LogP contribution >= 0.6 is 0 Å². The number of hydrogen-bond donors (Lipinski definition) is 0. The summed E-state index contributed by atoms with van der Waals surface area (Å²) >= 11 is -0.207. The number of rotatable bonds is 3. The third-order valence-electron chi connectivity index (χ3n) is 1.70. The molecule has 0 aromatic heterocycles. The molecule has 0 heterocycles. The van der Waals surface area contributed by atoms with Crippen LogP contribution in [-0.2, 0) is 0 Å². The first kappa shape index (κ1) is 7.23. The van der Waals surface area contributed by atoms with Gasteiger partial charge in [0.1, 0.15) is 0 Å². The molecule has 1 rings (SSSR count). The van der Waals surface area contributed by atoms with E-state index in [1.807, 2.05) is 0 Å². The molecule has 0 atom stereocenters. The normalized spacial score (nSPS) is 15.9. The molecule has 0 aliphatic heterocycles. The molecule has 9 heavy (non-hydrogen) atoms. The van der Waals surface area contributed by atoms with Crippen LogP contribution in [0, 0.1) is 0 Å². The van der Waals surface area contributed by atoms with Gasteiger partial charge in [-0.05, 0) is 0 Å². The maximum absolute atomic E-state index is 2.33. The zero-order chi connectivity index (χ0) is 6.53. The van der Waals surface area contributed by atoms with Crippen molar-refractivity contribution in [3.8, 4) is 0 Å². The average Bonchev–Trinajstić information content (AvgIpc) is 2.34. The second-order valence-electron chi connectivity index (χ2n) is 2.56. The van der Waals surface area contributed by atoms with E-state index in [1.54, 1.807) is 9.10 Å². The van der Waals surface area contributed by atoms with E-state index in [2.05, 4.69) is 25.2 Å². The van der Waals surface area contributed by atoms with Gasteiger partial charge in [-0.25, -0.2) is 0 Å². The molecule has 48 valence electrons. The first-order valence-electron chi connectivity index (χ1n) is 3.78. The Bertz CT molecular complexity index is 134. The van der Waals surface area contributed by atoms with Gasteiger partial charge in [-0.15, -0.1) is 0 Å². The van der Waals surface area contributed by atoms with E-state index >= 15 is 0 Å². The van der Waals surface area contributed by atoms with Crippen molar-refractivity contribution in [1.29, 1.82) is 0 Å². The zero-order valence-electron chi connectivity index (χ0n) is 6.06. The van der Waals surface area contributed by atoms with E-state index in [0.717, 1.165) is 0 Å². The molecule has 0 aromatic rings. The van der Waals surface area contributed by atoms with Crippen molar-refractivity contribution in [2.24, 2.45) is 0 Å². The van der Waals surface area contributed by atoms with Crippen molar-refractivity contribution < 1.29 is 0 Å². The Hall–Kier alpha value is 0.116. The van der Waals surface area contributed by atoms with Gasteiger partial charge >= 0.3 is 64.5 Å². The predicted molar refractivity (Wildman–Crippen MR) is 44.1 cm³/mol. The van der Waals surface area contributed by atoms with Gasteiger partial charge in [-0.3, -0.25) is 0 Å². The Morgan fingerprint density at radius 1 is 1.67 bits per heavy atom. The van der Waals surface area contributed by atoms with Crippen molar-refractivity contribution in [3.63, 3.8) is 0 Å². The summed E-state index contributed by atoms with van der Waals surface area (Å²) in [5.74, 6) is 0. The van der Waals surface area contributed by atoms with Crippen molar-refractivity contribution in [1.82, 2.24) is 0 Å². The molecule has 0 N–H and O–H groups in total. The van der Waals surface area contributed by atoms with Crippen LogP contribution < -0.4 is 0 Å². The van der Waals surface area contributed by atoms with Crippen LogP contribution in [0.4, 0.5) is 0 Å². The number of hydrogen-bond acceptors (Lipinski definition) is 0. The summed E-state index contributed by atoms with van der Waals surface area (Å²) < 4.78 is 1.80. The molecular weight excluding hydrogens is 166 g/mol. The van der Waals surface area contributed by atoms with E-state index in [1.165, 1.54) is 12.8 Å². The van der Waals surface area contributed by atoms with E-state index in [-0.39, 0.29) is 17.4 Å². The Balaban J connectivity index is 2.14. The van der Waals surface area contributed by atoms with Crippen LogP contribution in [0.3, 0.4) is 0 Å². The molecule has 0 fully saturated rings. The van der Waals surface area contributed by atoms with Gasteiger partial charge in [0, 0.05) is 0 Å². The molecule has 0 spiro atoms. The van der Waals surface area contributed by atoms with Gasteiger partial charge in [0.2, 0.25) is 0 Å². The maximum atomic E-state index is 2.33. The van der Waals surface area contributed by atoms with Crippen LogP contribution in [0.15, 0.2) is 22.4 Å². The molecule has 0 bridgehead atoms. The molecule has 1 heteroatoms. The van der Waals surface area contributed by atoms with E-state index in [4.69, 9.17) is 0 Å². The molecule has 0 aromatic carbocycles. The van der Waals surface area contributed by atoms with E-state index in [0.29, 0.717) is 0 Å². The predicted octanol–water partition coefficient (Wildman–Crippen LogP) is 2.09. The fourth-order valence-corrected chi connectivity index (χ4v) is 4.19. The van der Waals surface area contributed by atoms with Crippen LogP contribution in [0.25, 0.3) is 0 Å².